The van der Waals surface area contributed by atoms with Gasteiger partial charge in [-0.3, -0.25) is 0 Å². The van der Waals surface area contributed by atoms with Gasteiger partial charge in [0.25, 0.3) is 0 Å². The second-order valence-corrected chi connectivity index (χ2v) is 16.7. The molecular weight excluding hydrogens is 707 g/mol. The van der Waals surface area contributed by atoms with Crippen molar-refractivity contribution in [3.8, 4) is 44.5 Å². The minimum atomic E-state index is -0.0906. The third-order valence-electron chi connectivity index (χ3n) is 12.0. The molecule has 11 rings (SSSR count). The number of thiophene rings is 1. The minimum Gasteiger partial charge on any atom is -0.310 e. The number of hydrogen-bond acceptors (Lipinski definition) is 2. The highest BCUT2D eigenvalue weighted by Crippen LogP contribution is 2.54. The van der Waals surface area contributed by atoms with E-state index in [2.05, 4.69) is 219 Å². The Morgan fingerprint density at radius 1 is 0.404 bits per heavy atom. The Morgan fingerprint density at radius 3 is 1.88 bits per heavy atom. The first kappa shape index (κ1) is 33.6. The zero-order valence-corrected chi connectivity index (χ0v) is 32.7. The molecule has 0 radical (unpaired) electrons. The van der Waals surface area contributed by atoms with E-state index in [1.165, 1.54) is 86.6 Å². The summed E-state index contributed by atoms with van der Waals surface area (Å²) in [7, 11) is 0. The zero-order chi connectivity index (χ0) is 38.1. The second-order valence-electron chi connectivity index (χ2n) is 15.7. The molecule has 1 heterocycles. The molecule has 10 aromatic rings. The molecule has 0 atom stereocenters. The van der Waals surface area contributed by atoms with Crippen LogP contribution in [-0.4, -0.2) is 0 Å². The average molecular weight is 746 g/mol. The van der Waals surface area contributed by atoms with Crippen LogP contribution in [-0.2, 0) is 5.41 Å². The standard InChI is InChI=1S/C55H39NS/c1-55(2)49-27-8-5-23-48(49)53-46(25-14-28-50(53)55)44-21-6-9-29-51(44)56(41-19-11-17-38(34-41)39-32-31-36-15-3-4-16-37(36)33-39)42-20-12-18-40(35-42)43-24-13-26-47-45-22-7-10-30-52(45)57-54(43)47/h3-35H,1-2H3. The second kappa shape index (κ2) is 13.2. The quantitative estimate of drug-likeness (QED) is 0.164. The number of anilines is 3. The molecule has 1 aliphatic rings. The minimum absolute atomic E-state index is 0.0906. The summed E-state index contributed by atoms with van der Waals surface area (Å²) < 4.78 is 2.64. The van der Waals surface area contributed by atoms with Gasteiger partial charge >= 0.3 is 0 Å². The van der Waals surface area contributed by atoms with E-state index in [0.717, 1.165) is 17.1 Å². The van der Waals surface area contributed by atoms with Gasteiger partial charge in [0.15, 0.2) is 0 Å². The summed E-state index contributed by atoms with van der Waals surface area (Å²) in [6, 6.07) is 73.9. The number of hydrogen-bond donors (Lipinski definition) is 0. The van der Waals surface area contributed by atoms with Gasteiger partial charge in [0.2, 0.25) is 0 Å². The molecule has 0 saturated heterocycles. The van der Waals surface area contributed by atoms with Crippen LogP contribution >= 0.6 is 11.3 Å². The lowest BCUT2D eigenvalue weighted by Crippen LogP contribution is -2.15. The van der Waals surface area contributed by atoms with E-state index in [0.29, 0.717) is 0 Å². The molecule has 0 amide bonds. The van der Waals surface area contributed by atoms with Gasteiger partial charge in [0.05, 0.1) is 5.69 Å². The van der Waals surface area contributed by atoms with Crippen molar-refractivity contribution >= 4 is 59.3 Å². The number of fused-ring (bicyclic) bond motifs is 7. The van der Waals surface area contributed by atoms with Crippen molar-refractivity contribution in [1.29, 1.82) is 0 Å². The maximum Gasteiger partial charge on any atom is 0.0540 e. The topological polar surface area (TPSA) is 3.24 Å². The van der Waals surface area contributed by atoms with Crippen LogP contribution in [0.3, 0.4) is 0 Å². The van der Waals surface area contributed by atoms with E-state index in [1.54, 1.807) is 0 Å². The van der Waals surface area contributed by atoms with Crippen molar-refractivity contribution in [2.75, 3.05) is 4.90 Å². The molecule has 0 spiro atoms. The Bertz CT molecular complexity index is 3180. The lowest BCUT2D eigenvalue weighted by Gasteiger charge is -2.29. The molecule has 0 N–H and O–H groups in total. The first-order valence-corrected chi connectivity index (χ1v) is 20.6. The first-order chi connectivity index (χ1) is 28.0. The van der Waals surface area contributed by atoms with Gasteiger partial charge in [-0.25, -0.2) is 0 Å². The third-order valence-corrected chi connectivity index (χ3v) is 13.3. The third kappa shape index (κ3) is 5.44. The maximum atomic E-state index is 2.47. The highest BCUT2D eigenvalue weighted by molar-refractivity contribution is 7.26. The van der Waals surface area contributed by atoms with E-state index in [-0.39, 0.29) is 5.41 Å². The average Bonchev–Trinajstić information content (AvgIpc) is 3.76. The molecule has 0 saturated carbocycles. The fourth-order valence-electron chi connectivity index (χ4n) is 9.28. The van der Waals surface area contributed by atoms with E-state index < -0.39 is 0 Å². The van der Waals surface area contributed by atoms with E-state index in [4.69, 9.17) is 0 Å². The van der Waals surface area contributed by atoms with Gasteiger partial charge < -0.3 is 4.90 Å². The Hall–Kier alpha value is -6.74. The van der Waals surface area contributed by atoms with Crippen LogP contribution in [0.2, 0.25) is 0 Å². The highest BCUT2D eigenvalue weighted by atomic mass is 32.1. The Balaban J connectivity index is 1.13. The largest absolute Gasteiger partial charge is 0.310 e. The van der Waals surface area contributed by atoms with E-state index in [9.17, 15) is 0 Å². The summed E-state index contributed by atoms with van der Waals surface area (Å²) in [5.74, 6) is 0. The summed E-state index contributed by atoms with van der Waals surface area (Å²) in [6.45, 7) is 4.72. The first-order valence-electron chi connectivity index (χ1n) is 19.8. The van der Waals surface area contributed by atoms with Crippen molar-refractivity contribution in [2.24, 2.45) is 0 Å². The molecule has 0 fully saturated rings. The number of nitrogens with zero attached hydrogens (tertiary/aromatic N) is 1. The van der Waals surface area contributed by atoms with Gasteiger partial charge in [0, 0.05) is 42.5 Å². The Morgan fingerprint density at radius 2 is 1.00 bits per heavy atom. The molecule has 9 aromatic carbocycles. The number of rotatable bonds is 6. The highest BCUT2D eigenvalue weighted by Gasteiger charge is 2.37. The van der Waals surface area contributed by atoms with Gasteiger partial charge in [0.1, 0.15) is 0 Å². The van der Waals surface area contributed by atoms with Gasteiger partial charge in [-0.15, -0.1) is 11.3 Å². The van der Waals surface area contributed by atoms with Crippen LogP contribution in [0, 0.1) is 0 Å². The summed E-state index contributed by atoms with van der Waals surface area (Å²) in [4.78, 5) is 2.47. The fourth-order valence-corrected chi connectivity index (χ4v) is 10.5. The van der Waals surface area contributed by atoms with Crippen LogP contribution in [0.4, 0.5) is 17.1 Å². The van der Waals surface area contributed by atoms with Crippen molar-refractivity contribution < 1.29 is 0 Å². The zero-order valence-electron chi connectivity index (χ0n) is 31.9. The molecule has 0 bridgehead atoms. The predicted octanol–water partition coefficient (Wildman–Crippen LogP) is 16.0. The summed E-state index contributed by atoms with van der Waals surface area (Å²) in [5, 5.41) is 5.12. The van der Waals surface area contributed by atoms with Crippen LogP contribution in [0.5, 0.6) is 0 Å². The van der Waals surface area contributed by atoms with Gasteiger partial charge in [-0.1, -0.05) is 172 Å². The smallest absolute Gasteiger partial charge is 0.0540 e. The van der Waals surface area contributed by atoms with Gasteiger partial charge in [-0.2, -0.15) is 0 Å². The van der Waals surface area contributed by atoms with E-state index >= 15 is 0 Å². The maximum absolute atomic E-state index is 2.47. The summed E-state index contributed by atoms with van der Waals surface area (Å²) in [5.41, 5.74) is 16.0. The van der Waals surface area contributed by atoms with Crippen molar-refractivity contribution in [2.45, 2.75) is 19.3 Å². The molecule has 57 heavy (non-hydrogen) atoms. The molecule has 1 aliphatic carbocycles. The lowest BCUT2D eigenvalue weighted by atomic mass is 9.82. The van der Waals surface area contributed by atoms with E-state index in [1.807, 2.05) is 11.3 Å². The van der Waals surface area contributed by atoms with Crippen LogP contribution in [0.25, 0.3) is 75.5 Å². The number of para-hydroxylation sites is 1. The van der Waals surface area contributed by atoms with Crippen molar-refractivity contribution in [1.82, 2.24) is 0 Å². The molecular formula is C55H39NS. The Labute approximate surface area is 337 Å². The molecule has 0 aliphatic heterocycles. The fraction of sp³-hybridized carbons (Fsp3) is 0.0545. The van der Waals surface area contributed by atoms with Crippen molar-refractivity contribution in [3.05, 3.63) is 211 Å². The predicted molar refractivity (Wildman–Crippen MR) is 245 cm³/mol. The molecule has 1 aromatic heterocycles. The van der Waals surface area contributed by atoms with Crippen LogP contribution < -0.4 is 4.90 Å². The van der Waals surface area contributed by atoms with Crippen molar-refractivity contribution in [3.63, 3.8) is 0 Å². The number of benzene rings is 9. The Kier molecular flexibility index (Phi) is 7.77. The lowest BCUT2D eigenvalue weighted by molar-refractivity contribution is 0.660. The molecule has 2 heteroatoms. The normalized spacial score (nSPS) is 12.9. The summed E-state index contributed by atoms with van der Waals surface area (Å²) in [6.07, 6.45) is 0. The van der Waals surface area contributed by atoms with Crippen LogP contribution in [0.15, 0.2) is 200 Å². The van der Waals surface area contributed by atoms with Crippen LogP contribution in [0.1, 0.15) is 25.0 Å². The summed E-state index contributed by atoms with van der Waals surface area (Å²) >= 11 is 1.88. The SMILES string of the molecule is CC1(C)c2ccccc2-c2c(-c3ccccc3N(c3cccc(-c4ccc5ccccc5c4)c3)c3cccc(-c4cccc5c4sc4ccccc45)c3)cccc21. The molecule has 0 unspecified atom stereocenters. The molecule has 1 nitrogen and oxygen atoms in total. The monoisotopic (exact) mass is 745 g/mol. The van der Waals surface area contributed by atoms with Gasteiger partial charge in [-0.05, 0) is 103 Å². The molecule has 270 valence electrons.